The van der Waals surface area contributed by atoms with Gasteiger partial charge >= 0.3 is 5.97 Å². The lowest BCUT2D eigenvalue weighted by Crippen LogP contribution is -2.25. The number of hydrogen-bond acceptors (Lipinski definition) is 3. The van der Waals surface area contributed by atoms with Crippen LogP contribution in [0.3, 0.4) is 0 Å². The van der Waals surface area contributed by atoms with Gasteiger partial charge in [-0.05, 0) is 43.0 Å². The number of carbonyl (C=O) groups is 1. The monoisotopic (exact) mass is 315 g/mol. The molecule has 0 heterocycles. The number of carbonyl (C=O) groups excluding carboxylic acids is 1. The molecule has 0 fully saturated rings. The van der Waals surface area contributed by atoms with Gasteiger partial charge in [-0.3, -0.25) is 9.79 Å². The molecule has 22 heavy (non-hydrogen) atoms. The Hall–Kier alpha value is -2.13. The van der Waals surface area contributed by atoms with Gasteiger partial charge in [0, 0.05) is 5.02 Å². The average Bonchev–Trinajstić information content (AvgIpc) is 2.55. The highest BCUT2D eigenvalue weighted by Crippen LogP contribution is 2.30. The van der Waals surface area contributed by atoms with Gasteiger partial charge in [0.15, 0.2) is 0 Å². The first-order valence-electron chi connectivity index (χ1n) is 7.13. The molecule has 4 heteroatoms. The number of rotatable bonds is 6. The molecule has 114 valence electrons. The van der Waals surface area contributed by atoms with Crippen molar-refractivity contribution in [2.75, 3.05) is 0 Å². The highest BCUT2D eigenvalue weighted by molar-refractivity contribution is 6.30. The summed E-state index contributed by atoms with van der Waals surface area (Å²) < 4.78 is 5.44. The second-order valence-electron chi connectivity index (χ2n) is 4.93. The number of ether oxygens (including phenoxy) is 1. The summed E-state index contributed by atoms with van der Waals surface area (Å²) in [6, 6.07) is 16.1. The van der Waals surface area contributed by atoms with Crippen molar-refractivity contribution in [2.24, 2.45) is 10.9 Å². The topological polar surface area (TPSA) is 38.7 Å². The molecule has 0 N–H and O–H groups in total. The summed E-state index contributed by atoms with van der Waals surface area (Å²) in [6.45, 7) is 5.57. The van der Waals surface area contributed by atoms with Crippen LogP contribution in [0.2, 0.25) is 5.02 Å². The maximum atomic E-state index is 12.5. The number of esters is 1. The molecule has 2 aromatic rings. The van der Waals surface area contributed by atoms with Gasteiger partial charge in [0.2, 0.25) is 0 Å². The van der Waals surface area contributed by atoms with E-state index in [4.69, 9.17) is 16.3 Å². The van der Waals surface area contributed by atoms with E-state index >= 15 is 0 Å². The van der Waals surface area contributed by atoms with Crippen LogP contribution in [0.4, 0.5) is 0 Å². The Bertz CT molecular complexity index is 625. The number of hydrogen-bond donors (Lipinski definition) is 0. The smallest absolute Gasteiger partial charge is 0.316 e. The average molecular weight is 316 g/mol. The number of nitrogens with zero attached hydrogens (tertiary/aromatic N) is 1. The van der Waals surface area contributed by atoms with E-state index in [-0.39, 0.29) is 17.9 Å². The van der Waals surface area contributed by atoms with Crippen molar-refractivity contribution in [3.63, 3.8) is 0 Å². The fourth-order valence-corrected chi connectivity index (χ4v) is 2.45. The second kappa shape index (κ2) is 7.76. The third kappa shape index (κ3) is 3.95. The first-order valence-corrected chi connectivity index (χ1v) is 7.51. The molecule has 2 aromatic carbocycles. The van der Waals surface area contributed by atoms with E-state index in [1.165, 1.54) is 0 Å². The van der Waals surface area contributed by atoms with Crippen molar-refractivity contribution in [3.8, 4) is 5.75 Å². The van der Waals surface area contributed by atoms with Crippen molar-refractivity contribution in [2.45, 2.75) is 19.4 Å². The van der Waals surface area contributed by atoms with Crippen LogP contribution in [-0.2, 0) is 4.79 Å². The highest BCUT2D eigenvalue weighted by atomic mass is 35.5. The van der Waals surface area contributed by atoms with Gasteiger partial charge in [0.1, 0.15) is 5.75 Å². The molecule has 0 bridgehead atoms. The predicted molar refractivity (Wildman–Crippen MR) is 89.6 cm³/mol. The van der Waals surface area contributed by atoms with Crippen LogP contribution in [0.1, 0.15) is 24.9 Å². The van der Waals surface area contributed by atoms with Crippen LogP contribution < -0.4 is 4.74 Å². The molecule has 0 aromatic heterocycles. The van der Waals surface area contributed by atoms with Gasteiger partial charge in [0.25, 0.3) is 0 Å². The van der Waals surface area contributed by atoms with E-state index in [1.807, 2.05) is 37.3 Å². The first-order chi connectivity index (χ1) is 10.7. The minimum Gasteiger partial charge on any atom is -0.426 e. The lowest BCUT2D eigenvalue weighted by atomic mass is 9.91. The molecule has 0 amide bonds. The molecular formula is C18H18ClNO2. The maximum absolute atomic E-state index is 12.5. The Morgan fingerprint density at radius 3 is 2.36 bits per heavy atom. The van der Waals surface area contributed by atoms with Crippen LogP contribution in [0, 0.1) is 5.92 Å². The second-order valence-corrected chi connectivity index (χ2v) is 5.36. The molecule has 0 spiro atoms. The highest BCUT2D eigenvalue weighted by Gasteiger charge is 2.29. The first kappa shape index (κ1) is 16.2. The van der Waals surface area contributed by atoms with E-state index in [1.54, 1.807) is 24.3 Å². The lowest BCUT2D eigenvalue weighted by molar-refractivity contribution is -0.139. The lowest BCUT2D eigenvalue weighted by Gasteiger charge is -2.21. The van der Waals surface area contributed by atoms with Gasteiger partial charge in [-0.1, -0.05) is 48.9 Å². The van der Waals surface area contributed by atoms with Crippen molar-refractivity contribution < 1.29 is 9.53 Å². The SMILES string of the molecule is C=NC(c1ccccc1)C(CC)C(=O)Oc1ccc(Cl)cc1. The van der Waals surface area contributed by atoms with E-state index < -0.39 is 0 Å². The molecule has 0 radical (unpaired) electrons. The van der Waals surface area contributed by atoms with Gasteiger partial charge in [-0.25, -0.2) is 0 Å². The quantitative estimate of drug-likeness (QED) is 0.440. The Kier molecular flexibility index (Phi) is 5.73. The van der Waals surface area contributed by atoms with Crippen molar-refractivity contribution in [1.29, 1.82) is 0 Å². The van der Waals surface area contributed by atoms with Crippen LogP contribution in [0.25, 0.3) is 0 Å². The molecule has 0 aliphatic rings. The zero-order valence-electron chi connectivity index (χ0n) is 12.4. The molecule has 0 saturated heterocycles. The molecule has 0 saturated carbocycles. The minimum atomic E-state index is -0.379. The van der Waals surface area contributed by atoms with E-state index in [9.17, 15) is 4.79 Å². The van der Waals surface area contributed by atoms with Crippen LogP contribution >= 0.6 is 11.6 Å². The largest absolute Gasteiger partial charge is 0.426 e. The summed E-state index contributed by atoms with van der Waals surface area (Å²) in [5, 5.41) is 0.599. The summed E-state index contributed by atoms with van der Waals surface area (Å²) >= 11 is 5.83. The Balaban J connectivity index is 2.17. The summed E-state index contributed by atoms with van der Waals surface area (Å²) in [6.07, 6.45) is 0.616. The van der Waals surface area contributed by atoms with E-state index in [0.29, 0.717) is 17.2 Å². The Morgan fingerprint density at radius 1 is 1.18 bits per heavy atom. The van der Waals surface area contributed by atoms with Crippen molar-refractivity contribution >= 4 is 24.3 Å². The van der Waals surface area contributed by atoms with Crippen molar-refractivity contribution in [3.05, 3.63) is 65.2 Å². The summed E-state index contributed by atoms with van der Waals surface area (Å²) in [7, 11) is 0. The number of aliphatic imine (C=N–C) groups is 1. The van der Waals surface area contributed by atoms with E-state index in [0.717, 1.165) is 5.56 Å². The minimum absolute atomic E-state index is 0.314. The Morgan fingerprint density at radius 2 is 1.82 bits per heavy atom. The van der Waals surface area contributed by atoms with Crippen LogP contribution in [0.15, 0.2) is 59.6 Å². The van der Waals surface area contributed by atoms with E-state index in [2.05, 4.69) is 11.7 Å². The number of halogens is 1. The summed E-state index contributed by atoms with van der Waals surface area (Å²) in [5.41, 5.74) is 0.956. The van der Waals surface area contributed by atoms with Gasteiger partial charge in [0.05, 0.1) is 12.0 Å². The molecular weight excluding hydrogens is 298 g/mol. The van der Waals surface area contributed by atoms with Gasteiger partial charge in [-0.2, -0.15) is 0 Å². The molecule has 2 atom stereocenters. The molecule has 2 unspecified atom stereocenters. The predicted octanol–water partition coefficient (Wildman–Crippen LogP) is 4.71. The molecule has 0 aliphatic carbocycles. The zero-order chi connectivity index (χ0) is 15.9. The number of benzene rings is 2. The summed E-state index contributed by atoms with van der Waals surface area (Å²) in [4.78, 5) is 16.6. The van der Waals surface area contributed by atoms with Gasteiger partial charge in [-0.15, -0.1) is 0 Å². The van der Waals surface area contributed by atoms with Crippen LogP contribution in [0.5, 0.6) is 5.75 Å². The van der Waals surface area contributed by atoms with Crippen LogP contribution in [-0.4, -0.2) is 12.7 Å². The third-order valence-corrected chi connectivity index (χ3v) is 3.75. The molecule has 0 aliphatic heterocycles. The molecule has 2 rings (SSSR count). The normalized spacial score (nSPS) is 13.2. The fraction of sp³-hybridized carbons (Fsp3) is 0.222. The van der Waals surface area contributed by atoms with Gasteiger partial charge < -0.3 is 4.74 Å². The van der Waals surface area contributed by atoms with Crippen molar-refractivity contribution in [1.82, 2.24) is 0 Å². The zero-order valence-corrected chi connectivity index (χ0v) is 13.2. The maximum Gasteiger partial charge on any atom is 0.316 e. The third-order valence-electron chi connectivity index (χ3n) is 3.49. The molecule has 3 nitrogen and oxygen atoms in total. The summed E-state index contributed by atoms with van der Waals surface area (Å²) in [5.74, 6) is -0.217. The fourth-order valence-electron chi connectivity index (χ4n) is 2.33. The standard InChI is InChI=1S/C18H18ClNO2/c1-3-16(17(20-2)13-7-5-4-6-8-13)18(21)22-15-11-9-14(19)10-12-15/h4-12,16-17H,2-3H2,1H3. The Labute approximate surface area is 135 Å².